The fraction of sp³-hybridized carbons (Fsp3) is 0.576. The van der Waals surface area contributed by atoms with Crippen molar-refractivity contribution in [3.8, 4) is 0 Å². The van der Waals surface area contributed by atoms with Crippen molar-refractivity contribution in [2.45, 2.75) is 103 Å². The molecule has 10 nitrogen and oxygen atoms in total. The summed E-state index contributed by atoms with van der Waals surface area (Å²) in [5.41, 5.74) is 7.57. The minimum absolute atomic E-state index is 0.0744. The second kappa shape index (κ2) is 17.6. The topological polar surface area (TPSA) is 160 Å². The van der Waals surface area contributed by atoms with E-state index in [1.165, 1.54) is 42.9 Å². The molecule has 0 saturated heterocycles. The van der Waals surface area contributed by atoms with Gasteiger partial charge in [0.15, 0.2) is 9.84 Å². The molecule has 2 aromatic rings. The van der Waals surface area contributed by atoms with E-state index in [1.807, 2.05) is 45.0 Å². The molecule has 0 aliphatic heterocycles. The van der Waals surface area contributed by atoms with Crippen LogP contribution in [0.15, 0.2) is 41.9 Å². The van der Waals surface area contributed by atoms with Crippen LogP contribution in [0.3, 0.4) is 0 Å². The fourth-order valence-corrected chi connectivity index (χ4v) is 6.73. The van der Waals surface area contributed by atoms with Crippen LogP contribution < -0.4 is 21.7 Å². The molecular formula is C33H49N5O5S2. The van der Waals surface area contributed by atoms with Gasteiger partial charge in [0.1, 0.15) is 17.0 Å². The molecule has 3 atom stereocenters. The second-order valence-electron chi connectivity index (χ2n) is 12.5. The number of nitrogens with one attached hydrogen (secondary N) is 3. The maximum atomic E-state index is 13.8. The third-order valence-corrected chi connectivity index (χ3v) is 9.56. The molecule has 12 heteroatoms. The van der Waals surface area contributed by atoms with Gasteiger partial charge in [-0.2, -0.15) is 0 Å². The van der Waals surface area contributed by atoms with E-state index in [1.54, 1.807) is 0 Å². The highest BCUT2D eigenvalue weighted by atomic mass is 32.2. The number of carbonyl (C=O) groups excluding carboxylic acids is 3. The van der Waals surface area contributed by atoms with E-state index in [0.717, 1.165) is 47.1 Å². The van der Waals surface area contributed by atoms with E-state index >= 15 is 0 Å². The van der Waals surface area contributed by atoms with Crippen molar-refractivity contribution in [3.05, 3.63) is 63.0 Å². The molecule has 3 rings (SSSR count). The normalized spacial score (nSPS) is 16.3. The van der Waals surface area contributed by atoms with Crippen LogP contribution in [0.2, 0.25) is 0 Å². The highest BCUT2D eigenvalue weighted by Crippen LogP contribution is 2.28. The molecule has 1 saturated carbocycles. The maximum Gasteiger partial charge on any atom is 0.263 e. The summed E-state index contributed by atoms with van der Waals surface area (Å²) < 4.78 is 23.8. The molecule has 248 valence electrons. The minimum atomic E-state index is -3.44. The van der Waals surface area contributed by atoms with E-state index in [-0.39, 0.29) is 11.8 Å². The van der Waals surface area contributed by atoms with Crippen LogP contribution in [-0.4, -0.2) is 55.5 Å². The molecule has 0 unspecified atom stereocenters. The van der Waals surface area contributed by atoms with Gasteiger partial charge in [-0.15, -0.1) is 11.3 Å². The van der Waals surface area contributed by atoms with Gasteiger partial charge in [0.05, 0.1) is 17.2 Å². The number of carbonyl (C=O) groups is 3. The second-order valence-corrected chi connectivity index (χ2v) is 15.7. The lowest BCUT2D eigenvalue weighted by atomic mass is 9.85. The van der Waals surface area contributed by atoms with Crippen molar-refractivity contribution < 1.29 is 22.8 Å². The highest BCUT2D eigenvalue weighted by molar-refractivity contribution is 7.93. The lowest BCUT2D eigenvalue weighted by molar-refractivity contribution is -0.130. The van der Waals surface area contributed by atoms with Crippen LogP contribution >= 0.6 is 11.3 Å². The molecule has 0 spiro atoms. The molecule has 5 N–H and O–H groups in total. The van der Waals surface area contributed by atoms with Crippen molar-refractivity contribution >= 4 is 38.9 Å². The molecule has 1 aromatic heterocycles. The number of nitrogens with two attached hydrogens (primary N) is 1. The van der Waals surface area contributed by atoms with Crippen LogP contribution in [0.1, 0.15) is 91.0 Å². The largest absolute Gasteiger partial charge is 0.348 e. The van der Waals surface area contributed by atoms with Gasteiger partial charge in [-0.1, -0.05) is 76.3 Å². The van der Waals surface area contributed by atoms with Gasteiger partial charge in [-0.3, -0.25) is 14.4 Å². The Bertz CT molecular complexity index is 1400. The van der Waals surface area contributed by atoms with Crippen LogP contribution in [0.5, 0.6) is 0 Å². The highest BCUT2D eigenvalue weighted by Gasteiger charge is 2.30. The van der Waals surface area contributed by atoms with Crippen LogP contribution in [0, 0.1) is 18.8 Å². The maximum absolute atomic E-state index is 13.8. The third kappa shape index (κ3) is 13.0. The zero-order chi connectivity index (χ0) is 33.0. The summed E-state index contributed by atoms with van der Waals surface area (Å²) in [6, 6.07) is 5.24. The average Bonchev–Trinajstić information content (AvgIpc) is 3.44. The molecular weight excluding hydrogens is 611 g/mol. The first-order valence-corrected chi connectivity index (χ1v) is 18.6. The Morgan fingerprint density at radius 1 is 1.00 bits per heavy atom. The smallest absolute Gasteiger partial charge is 0.263 e. The lowest BCUT2D eigenvalue weighted by Gasteiger charge is -2.27. The Hall–Kier alpha value is -3.09. The number of benzene rings is 1. The van der Waals surface area contributed by atoms with Crippen molar-refractivity contribution in [3.63, 3.8) is 0 Å². The summed E-state index contributed by atoms with van der Waals surface area (Å²) in [6.45, 7) is 6.14. The van der Waals surface area contributed by atoms with Crippen LogP contribution in [0.25, 0.3) is 0 Å². The first-order chi connectivity index (χ1) is 21.3. The number of aryl methyl sites for hydroxylation is 1. The Morgan fingerprint density at radius 2 is 1.64 bits per heavy atom. The molecule has 0 bridgehead atoms. The number of thiazole rings is 1. The number of sulfone groups is 1. The van der Waals surface area contributed by atoms with Crippen LogP contribution in [0.4, 0.5) is 0 Å². The van der Waals surface area contributed by atoms with Gasteiger partial charge in [0.25, 0.3) is 5.91 Å². The van der Waals surface area contributed by atoms with E-state index in [4.69, 9.17) is 5.73 Å². The predicted octanol–water partition coefficient (Wildman–Crippen LogP) is 4.19. The number of rotatable bonds is 16. The molecule has 0 radical (unpaired) electrons. The number of amides is 3. The molecule has 3 amide bonds. The first-order valence-electron chi connectivity index (χ1n) is 15.8. The van der Waals surface area contributed by atoms with E-state index < -0.39 is 39.8 Å². The average molecular weight is 660 g/mol. The Kier molecular flexibility index (Phi) is 14.2. The van der Waals surface area contributed by atoms with Crippen molar-refractivity contribution in [2.75, 3.05) is 6.26 Å². The monoisotopic (exact) mass is 659 g/mol. The summed E-state index contributed by atoms with van der Waals surface area (Å²) in [6.07, 6.45) is 11.9. The summed E-state index contributed by atoms with van der Waals surface area (Å²) in [4.78, 5) is 45.1. The quantitative estimate of drug-likeness (QED) is 0.210. The molecule has 1 fully saturated rings. The van der Waals surface area contributed by atoms with Gasteiger partial charge >= 0.3 is 0 Å². The molecule has 1 aromatic carbocycles. The van der Waals surface area contributed by atoms with E-state index in [0.29, 0.717) is 36.6 Å². The number of hydrogen-bond acceptors (Lipinski definition) is 8. The standard InChI is InChI=1S/C33H49N5O5S2/c1-22(2)18-29(32(40)36-27(16-17-45(4,42)43)19-25-10-12-26(20-34)13-11-25)38-31(39)28(15-14-24-8-6-5-7-9-24)37-33(41)30-21-35-23(3)44-30/h10-13,16-17,21-22,24,27-29H,5-9,14-15,18-20,34H2,1-4H3,(H,36,40)(H,37,41)(H,38,39)/b17-16+/t27-,28+,29+/m1/s1. The molecule has 1 heterocycles. The first kappa shape index (κ1) is 36.4. The summed E-state index contributed by atoms with van der Waals surface area (Å²) in [5.74, 6) is -0.616. The third-order valence-electron chi connectivity index (χ3n) is 8.00. The Morgan fingerprint density at radius 3 is 2.22 bits per heavy atom. The summed E-state index contributed by atoms with van der Waals surface area (Å²) in [5, 5.41) is 10.6. The number of nitrogens with zero attached hydrogens (tertiary/aromatic N) is 1. The lowest BCUT2D eigenvalue weighted by Crippen LogP contribution is -2.55. The van der Waals surface area contributed by atoms with Crippen molar-refractivity contribution in [2.24, 2.45) is 17.6 Å². The van der Waals surface area contributed by atoms with Gasteiger partial charge in [-0.25, -0.2) is 13.4 Å². The van der Waals surface area contributed by atoms with Gasteiger partial charge < -0.3 is 21.7 Å². The summed E-state index contributed by atoms with van der Waals surface area (Å²) in [7, 11) is -3.44. The summed E-state index contributed by atoms with van der Waals surface area (Å²) >= 11 is 1.26. The molecule has 45 heavy (non-hydrogen) atoms. The zero-order valence-electron chi connectivity index (χ0n) is 26.9. The Labute approximate surface area is 272 Å². The fourth-order valence-electron chi connectivity index (χ4n) is 5.57. The number of hydrogen-bond donors (Lipinski definition) is 4. The van der Waals surface area contributed by atoms with E-state index in [2.05, 4.69) is 20.9 Å². The predicted molar refractivity (Wildman–Crippen MR) is 179 cm³/mol. The number of aromatic nitrogens is 1. The van der Waals surface area contributed by atoms with Gasteiger partial charge in [0, 0.05) is 18.2 Å². The Balaban J connectivity index is 1.78. The van der Waals surface area contributed by atoms with E-state index in [9.17, 15) is 22.8 Å². The molecule has 1 aliphatic rings. The zero-order valence-corrected chi connectivity index (χ0v) is 28.5. The minimum Gasteiger partial charge on any atom is -0.348 e. The van der Waals surface area contributed by atoms with Gasteiger partial charge in [-0.05, 0) is 55.6 Å². The van der Waals surface area contributed by atoms with Crippen LogP contribution in [-0.2, 0) is 32.4 Å². The molecule has 1 aliphatic carbocycles. The van der Waals surface area contributed by atoms with Gasteiger partial charge in [0.2, 0.25) is 11.8 Å². The SMILES string of the molecule is Cc1ncc(C(=O)N[C@@H](CCC2CCCCC2)C(=O)N[C@@H](CC(C)C)C(=O)N[C@H](/C=C/S(C)(=O)=O)Cc2ccc(CN)cc2)s1. The van der Waals surface area contributed by atoms with Crippen molar-refractivity contribution in [1.29, 1.82) is 0 Å². The van der Waals surface area contributed by atoms with Crippen molar-refractivity contribution in [1.82, 2.24) is 20.9 Å².